The molecule has 0 radical (unpaired) electrons. The summed E-state index contributed by atoms with van der Waals surface area (Å²) in [6, 6.07) is 0. The number of sulfonamides is 1. The van der Waals surface area contributed by atoms with E-state index in [2.05, 4.69) is 4.72 Å². The van der Waals surface area contributed by atoms with Gasteiger partial charge >= 0.3 is 5.97 Å². The number of rotatable bonds is 8. The Bertz CT molecular complexity index is 520. The maximum absolute atomic E-state index is 12.1. The number of carbonyl (C=O) groups excluding carboxylic acids is 1. The lowest BCUT2D eigenvalue weighted by molar-refractivity contribution is -0.166. The van der Waals surface area contributed by atoms with Gasteiger partial charge in [-0.05, 0) is 20.8 Å². The minimum absolute atomic E-state index is 0.0386. The van der Waals surface area contributed by atoms with Crippen molar-refractivity contribution < 1.29 is 32.6 Å². The fourth-order valence-corrected chi connectivity index (χ4v) is 2.84. The second kappa shape index (κ2) is 8.57. The first kappa shape index (κ1) is 19.8. The van der Waals surface area contributed by atoms with Gasteiger partial charge in [0.05, 0.1) is 37.7 Å². The smallest absolute Gasteiger partial charge is 0.334 e. The summed E-state index contributed by atoms with van der Waals surface area (Å²) in [5.74, 6) is -1.88. The van der Waals surface area contributed by atoms with Crippen molar-refractivity contribution in [2.45, 2.75) is 39.1 Å². The second-order valence-corrected chi connectivity index (χ2v) is 7.56. The van der Waals surface area contributed by atoms with E-state index in [0.717, 1.165) is 0 Å². The minimum Gasteiger partial charge on any atom is -0.479 e. The van der Waals surface area contributed by atoms with Gasteiger partial charge < -0.3 is 19.5 Å². The number of amides is 1. The van der Waals surface area contributed by atoms with E-state index in [0.29, 0.717) is 0 Å². The van der Waals surface area contributed by atoms with Gasteiger partial charge in [0.25, 0.3) is 0 Å². The van der Waals surface area contributed by atoms with Crippen molar-refractivity contribution in [1.29, 1.82) is 0 Å². The molecule has 1 heterocycles. The molecule has 23 heavy (non-hydrogen) atoms. The fraction of sp³-hybridized carbons (Fsp3) is 0.846. The summed E-state index contributed by atoms with van der Waals surface area (Å²) < 4.78 is 36.1. The number of aliphatic carboxylic acids is 1. The molecule has 0 spiro atoms. The lowest BCUT2D eigenvalue weighted by Crippen LogP contribution is -2.53. The molecule has 1 aliphatic rings. The van der Waals surface area contributed by atoms with Crippen molar-refractivity contribution in [3.05, 3.63) is 0 Å². The Hall–Kier alpha value is -1.23. The van der Waals surface area contributed by atoms with Gasteiger partial charge in [0.1, 0.15) is 0 Å². The van der Waals surface area contributed by atoms with Gasteiger partial charge in [0.15, 0.2) is 6.10 Å². The Kier molecular flexibility index (Phi) is 7.39. The Labute approximate surface area is 136 Å². The molecule has 0 saturated carbocycles. The molecule has 2 atom stereocenters. The quantitative estimate of drug-likeness (QED) is 0.576. The maximum Gasteiger partial charge on any atom is 0.334 e. The molecule has 1 amide bonds. The monoisotopic (exact) mass is 352 g/mol. The highest BCUT2D eigenvalue weighted by Crippen LogP contribution is 2.11. The lowest BCUT2D eigenvalue weighted by Gasteiger charge is -2.34. The number of carboxylic acids is 1. The second-order valence-electron chi connectivity index (χ2n) is 5.63. The number of ether oxygens (including phenoxy) is 2. The Morgan fingerprint density at radius 2 is 2.04 bits per heavy atom. The summed E-state index contributed by atoms with van der Waals surface area (Å²) in [5.41, 5.74) is 0. The van der Waals surface area contributed by atoms with E-state index >= 15 is 0 Å². The van der Waals surface area contributed by atoms with Crippen LogP contribution in [0.15, 0.2) is 0 Å². The number of nitrogens with one attached hydrogen (secondary N) is 1. The van der Waals surface area contributed by atoms with Gasteiger partial charge in [0, 0.05) is 6.54 Å². The maximum atomic E-state index is 12.1. The van der Waals surface area contributed by atoms with Crippen LogP contribution >= 0.6 is 0 Å². The van der Waals surface area contributed by atoms with Crippen LogP contribution in [0.2, 0.25) is 0 Å². The van der Waals surface area contributed by atoms with Gasteiger partial charge in [-0.15, -0.1) is 0 Å². The van der Waals surface area contributed by atoms with Crippen LogP contribution in [-0.4, -0.2) is 80.6 Å². The summed E-state index contributed by atoms with van der Waals surface area (Å²) >= 11 is 0. The van der Waals surface area contributed by atoms with Crippen molar-refractivity contribution in [3.63, 3.8) is 0 Å². The Morgan fingerprint density at radius 3 is 2.61 bits per heavy atom. The molecule has 10 heteroatoms. The molecule has 9 nitrogen and oxygen atoms in total. The van der Waals surface area contributed by atoms with Gasteiger partial charge in [-0.2, -0.15) is 0 Å². The van der Waals surface area contributed by atoms with E-state index in [1.54, 1.807) is 20.8 Å². The van der Waals surface area contributed by atoms with E-state index < -0.39 is 40.7 Å². The third-order valence-electron chi connectivity index (χ3n) is 3.13. The molecular weight excluding hydrogens is 328 g/mol. The van der Waals surface area contributed by atoms with Gasteiger partial charge in [-0.25, -0.2) is 17.9 Å². The largest absolute Gasteiger partial charge is 0.479 e. The number of carbonyl (C=O) groups is 2. The summed E-state index contributed by atoms with van der Waals surface area (Å²) in [6.45, 7) is 4.99. The Balaban J connectivity index is 2.47. The first-order chi connectivity index (χ1) is 10.6. The van der Waals surface area contributed by atoms with Crippen LogP contribution in [0.4, 0.5) is 0 Å². The third kappa shape index (κ3) is 7.25. The minimum atomic E-state index is -3.62. The number of morpholine rings is 1. The van der Waals surface area contributed by atoms with E-state index in [1.807, 2.05) is 0 Å². The summed E-state index contributed by atoms with van der Waals surface area (Å²) in [7, 11) is -3.62. The first-order valence-electron chi connectivity index (χ1n) is 7.35. The van der Waals surface area contributed by atoms with Gasteiger partial charge in [-0.1, -0.05) is 0 Å². The fourth-order valence-electron chi connectivity index (χ4n) is 2.04. The first-order valence-corrected chi connectivity index (χ1v) is 9.01. The molecule has 0 aromatic carbocycles. The number of nitrogens with zero attached hydrogens (tertiary/aromatic N) is 1. The van der Waals surface area contributed by atoms with E-state index in [9.17, 15) is 18.0 Å². The van der Waals surface area contributed by atoms with E-state index in [4.69, 9.17) is 14.6 Å². The molecule has 0 aromatic heterocycles. The van der Waals surface area contributed by atoms with Crippen LogP contribution < -0.4 is 4.72 Å². The van der Waals surface area contributed by atoms with E-state index in [-0.39, 0.29) is 31.6 Å². The van der Waals surface area contributed by atoms with Crippen LogP contribution in [0.25, 0.3) is 0 Å². The standard InChI is InChI=1S/C13H24N2O7S/c1-9(2)21-4-5-23(19,20)14-6-12(16)15-7-10(3)22-11(8-15)13(17)18/h9-11,14H,4-8H2,1-3H3,(H,17,18)/t10-,11?/m1/s1. The predicted octanol–water partition coefficient (Wildman–Crippen LogP) is -0.969. The van der Waals surface area contributed by atoms with Crippen LogP contribution in [-0.2, 0) is 29.1 Å². The SMILES string of the molecule is CC(C)OCCS(=O)(=O)NCC(=O)N1CC(C(=O)O)O[C@H](C)C1. The van der Waals surface area contributed by atoms with Gasteiger partial charge in [0.2, 0.25) is 15.9 Å². The Morgan fingerprint density at radius 1 is 1.39 bits per heavy atom. The van der Waals surface area contributed by atoms with Crippen molar-refractivity contribution in [2.24, 2.45) is 0 Å². The highest BCUT2D eigenvalue weighted by atomic mass is 32.2. The van der Waals surface area contributed by atoms with Crippen LogP contribution in [0.1, 0.15) is 20.8 Å². The van der Waals surface area contributed by atoms with Gasteiger partial charge in [-0.3, -0.25) is 4.79 Å². The zero-order valence-electron chi connectivity index (χ0n) is 13.5. The zero-order chi connectivity index (χ0) is 17.6. The summed E-state index contributed by atoms with van der Waals surface area (Å²) in [4.78, 5) is 24.3. The topological polar surface area (TPSA) is 122 Å². The highest BCUT2D eigenvalue weighted by molar-refractivity contribution is 7.89. The number of hydrogen-bond donors (Lipinski definition) is 2. The molecule has 1 unspecified atom stereocenters. The van der Waals surface area contributed by atoms with Crippen molar-refractivity contribution in [1.82, 2.24) is 9.62 Å². The van der Waals surface area contributed by atoms with E-state index in [1.165, 1.54) is 4.90 Å². The number of carboxylic acid groups (broad SMARTS) is 1. The molecule has 0 aliphatic carbocycles. The molecule has 1 fully saturated rings. The van der Waals surface area contributed by atoms with Crippen LogP contribution in [0, 0.1) is 0 Å². The molecule has 1 saturated heterocycles. The molecular formula is C13H24N2O7S. The molecule has 1 aliphatic heterocycles. The molecule has 0 aromatic rings. The average molecular weight is 352 g/mol. The molecule has 134 valence electrons. The van der Waals surface area contributed by atoms with Crippen molar-refractivity contribution in [3.8, 4) is 0 Å². The van der Waals surface area contributed by atoms with Crippen molar-refractivity contribution in [2.75, 3.05) is 32.0 Å². The summed E-state index contributed by atoms with van der Waals surface area (Å²) in [5, 5.41) is 8.97. The molecule has 2 N–H and O–H groups in total. The predicted molar refractivity (Wildman–Crippen MR) is 81.4 cm³/mol. The molecule has 1 rings (SSSR count). The van der Waals surface area contributed by atoms with Crippen LogP contribution in [0.5, 0.6) is 0 Å². The summed E-state index contributed by atoms with van der Waals surface area (Å²) in [6.07, 6.45) is -1.60. The normalized spacial score (nSPS) is 22.3. The number of hydrogen-bond acceptors (Lipinski definition) is 6. The van der Waals surface area contributed by atoms with Crippen LogP contribution in [0.3, 0.4) is 0 Å². The third-order valence-corrected chi connectivity index (χ3v) is 4.42. The highest BCUT2D eigenvalue weighted by Gasteiger charge is 2.32. The lowest BCUT2D eigenvalue weighted by atomic mass is 10.2. The van der Waals surface area contributed by atoms with Crippen molar-refractivity contribution >= 4 is 21.9 Å². The molecule has 0 bridgehead atoms. The average Bonchev–Trinajstić information content (AvgIpc) is 2.43. The zero-order valence-corrected chi connectivity index (χ0v) is 14.3.